The summed E-state index contributed by atoms with van der Waals surface area (Å²) in [6, 6.07) is 11.8. The van der Waals surface area contributed by atoms with Crippen molar-refractivity contribution in [1.82, 2.24) is 0 Å². The molecule has 0 atom stereocenters. The van der Waals surface area contributed by atoms with Gasteiger partial charge in [-0.2, -0.15) is 0 Å². The third-order valence-corrected chi connectivity index (χ3v) is 7.06. The summed E-state index contributed by atoms with van der Waals surface area (Å²) in [5.74, 6) is 0.927. The molecule has 0 amide bonds. The first kappa shape index (κ1) is 21.9. The monoisotopic (exact) mass is 712 g/mol. The molecule has 28 heavy (non-hydrogen) atoms. The van der Waals surface area contributed by atoms with Crippen molar-refractivity contribution in [1.29, 1.82) is 0 Å². The van der Waals surface area contributed by atoms with Crippen LogP contribution < -0.4 is 0 Å². The van der Waals surface area contributed by atoms with Gasteiger partial charge in [0.15, 0.2) is 0 Å². The zero-order valence-electron chi connectivity index (χ0n) is 15.4. The number of halogens is 3. The Balaban J connectivity index is 1.96. The van der Waals surface area contributed by atoms with Gasteiger partial charge in [-0.05, 0) is 128 Å². The van der Waals surface area contributed by atoms with Gasteiger partial charge in [0.25, 0.3) is 0 Å². The number of hydrogen-bond acceptors (Lipinski definition) is 3. The summed E-state index contributed by atoms with van der Waals surface area (Å²) in [5, 5.41) is 30.9. The fourth-order valence-corrected chi connectivity index (χ4v) is 6.00. The van der Waals surface area contributed by atoms with E-state index in [0.29, 0.717) is 30.1 Å². The molecule has 3 aromatic carbocycles. The number of rotatable bonds is 4. The molecule has 0 saturated heterocycles. The molecule has 0 spiro atoms. The first-order valence-electron chi connectivity index (χ1n) is 8.62. The van der Waals surface area contributed by atoms with Crippen molar-refractivity contribution in [3.8, 4) is 17.2 Å². The number of phenols is 3. The summed E-state index contributed by atoms with van der Waals surface area (Å²) in [6.07, 6.45) is 1.20. The number of hydrogen-bond donors (Lipinski definition) is 3. The summed E-state index contributed by atoms with van der Waals surface area (Å²) in [5.41, 5.74) is 5.78. The Morgan fingerprint density at radius 3 is 1.50 bits per heavy atom. The maximum absolute atomic E-state index is 10.9. The average Bonchev–Trinajstić information content (AvgIpc) is 2.61. The third-order valence-electron chi connectivity index (χ3n) is 4.59. The highest BCUT2D eigenvalue weighted by Gasteiger charge is 2.14. The van der Waals surface area contributed by atoms with E-state index in [1.165, 1.54) is 0 Å². The molecule has 146 valence electrons. The molecule has 0 heterocycles. The van der Waals surface area contributed by atoms with Crippen molar-refractivity contribution in [3.05, 3.63) is 80.5 Å². The van der Waals surface area contributed by atoms with Crippen LogP contribution in [-0.4, -0.2) is 15.3 Å². The molecule has 6 heteroatoms. The second kappa shape index (κ2) is 8.95. The van der Waals surface area contributed by atoms with Crippen LogP contribution in [0.5, 0.6) is 17.2 Å². The van der Waals surface area contributed by atoms with Crippen LogP contribution in [-0.2, 0) is 12.8 Å². The molecule has 0 aliphatic heterocycles. The molecule has 0 saturated carbocycles. The van der Waals surface area contributed by atoms with Crippen LogP contribution in [0, 0.1) is 24.6 Å². The molecule has 3 aromatic rings. The second-order valence-electron chi connectivity index (χ2n) is 6.94. The Kier molecular flexibility index (Phi) is 7.01. The van der Waals surface area contributed by atoms with E-state index in [0.717, 1.165) is 44.1 Å². The maximum atomic E-state index is 10.9. The Morgan fingerprint density at radius 1 is 0.607 bits per heavy atom. The van der Waals surface area contributed by atoms with Crippen molar-refractivity contribution >= 4 is 67.8 Å². The zero-order chi connectivity index (χ0) is 20.6. The van der Waals surface area contributed by atoms with Crippen LogP contribution in [0.1, 0.15) is 33.4 Å². The minimum atomic E-state index is 0.302. The van der Waals surface area contributed by atoms with E-state index in [4.69, 9.17) is 0 Å². The van der Waals surface area contributed by atoms with Crippen molar-refractivity contribution in [3.63, 3.8) is 0 Å². The lowest BCUT2D eigenvalue weighted by atomic mass is 9.95. The molecular weight excluding hydrogens is 693 g/mol. The smallest absolute Gasteiger partial charge is 0.142 e. The summed E-state index contributed by atoms with van der Waals surface area (Å²) < 4.78 is 2.43. The van der Waals surface area contributed by atoms with E-state index < -0.39 is 0 Å². The van der Waals surface area contributed by atoms with Gasteiger partial charge in [0.05, 0.1) is 10.7 Å². The molecule has 0 bridgehead atoms. The van der Waals surface area contributed by atoms with Crippen molar-refractivity contribution in [2.24, 2.45) is 0 Å². The highest BCUT2D eigenvalue weighted by molar-refractivity contribution is 14.1. The lowest BCUT2D eigenvalue weighted by molar-refractivity contribution is 0.463. The normalized spacial score (nSPS) is 11.0. The van der Waals surface area contributed by atoms with Crippen LogP contribution >= 0.6 is 67.8 Å². The van der Waals surface area contributed by atoms with Gasteiger partial charge in [0.1, 0.15) is 17.2 Å². The summed E-state index contributed by atoms with van der Waals surface area (Å²) in [4.78, 5) is 0. The van der Waals surface area contributed by atoms with Gasteiger partial charge in [-0.15, -0.1) is 0 Å². The van der Waals surface area contributed by atoms with Crippen LogP contribution in [0.2, 0.25) is 0 Å². The predicted octanol–water partition coefficient (Wildman–Crippen LogP) is 6.42. The first-order chi connectivity index (χ1) is 13.2. The molecule has 3 nitrogen and oxygen atoms in total. The standard InChI is InChI=1S/C22H19I3O3/c1-11-3-15(6-13-5-12(2)20(26)17(23)8-13)21(27)16(4-11)7-14-9-18(24)22(28)19(25)10-14/h3-5,8-10,26-28H,6-7H2,1-2H3. The fraction of sp³-hybridized carbons (Fsp3) is 0.182. The van der Waals surface area contributed by atoms with E-state index >= 15 is 0 Å². The number of phenolic OH excluding ortho intramolecular Hbond substituents is 3. The summed E-state index contributed by atoms with van der Waals surface area (Å²) in [6.45, 7) is 3.92. The van der Waals surface area contributed by atoms with Crippen LogP contribution in [0.4, 0.5) is 0 Å². The van der Waals surface area contributed by atoms with Gasteiger partial charge >= 0.3 is 0 Å². The molecule has 0 radical (unpaired) electrons. The van der Waals surface area contributed by atoms with Gasteiger partial charge in [0, 0.05) is 12.8 Å². The summed E-state index contributed by atoms with van der Waals surface area (Å²) >= 11 is 6.38. The SMILES string of the molecule is Cc1cc(Cc2cc(C)c(O)c(I)c2)c(O)c(Cc2cc(I)c(O)c(I)c2)c1. The Morgan fingerprint density at radius 2 is 1.04 bits per heavy atom. The molecular formula is C22H19I3O3. The largest absolute Gasteiger partial charge is 0.507 e. The second-order valence-corrected chi connectivity index (χ2v) is 10.4. The van der Waals surface area contributed by atoms with Gasteiger partial charge in [0.2, 0.25) is 0 Å². The van der Waals surface area contributed by atoms with E-state index in [2.05, 4.69) is 67.8 Å². The van der Waals surface area contributed by atoms with Crippen molar-refractivity contribution in [2.45, 2.75) is 26.7 Å². The van der Waals surface area contributed by atoms with Crippen molar-refractivity contribution in [2.75, 3.05) is 0 Å². The van der Waals surface area contributed by atoms with Crippen LogP contribution in [0.15, 0.2) is 36.4 Å². The number of aromatic hydroxyl groups is 3. The highest BCUT2D eigenvalue weighted by atomic mass is 127. The van der Waals surface area contributed by atoms with E-state index in [1.807, 2.05) is 50.2 Å². The van der Waals surface area contributed by atoms with Gasteiger partial charge in [-0.1, -0.05) is 23.8 Å². The Hall–Kier alpha value is -0.750. The van der Waals surface area contributed by atoms with E-state index in [-0.39, 0.29) is 0 Å². The number of benzene rings is 3. The molecule has 0 aliphatic rings. The average molecular weight is 712 g/mol. The minimum absolute atomic E-state index is 0.302. The Labute approximate surface area is 205 Å². The quantitative estimate of drug-likeness (QED) is 0.274. The van der Waals surface area contributed by atoms with Crippen molar-refractivity contribution < 1.29 is 15.3 Å². The summed E-state index contributed by atoms with van der Waals surface area (Å²) in [7, 11) is 0. The predicted molar refractivity (Wildman–Crippen MR) is 138 cm³/mol. The third kappa shape index (κ3) is 4.86. The Bertz CT molecular complexity index is 934. The zero-order valence-corrected chi connectivity index (χ0v) is 21.8. The molecule has 0 aliphatic carbocycles. The number of aryl methyl sites for hydroxylation is 2. The highest BCUT2D eigenvalue weighted by Crippen LogP contribution is 2.33. The van der Waals surface area contributed by atoms with Gasteiger partial charge < -0.3 is 15.3 Å². The minimum Gasteiger partial charge on any atom is -0.507 e. The lowest BCUT2D eigenvalue weighted by Crippen LogP contribution is -1.98. The van der Waals surface area contributed by atoms with Crippen LogP contribution in [0.3, 0.4) is 0 Å². The first-order valence-corrected chi connectivity index (χ1v) is 11.9. The van der Waals surface area contributed by atoms with Crippen LogP contribution in [0.25, 0.3) is 0 Å². The molecule has 0 fully saturated rings. The molecule has 3 N–H and O–H groups in total. The van der Waals surface area contributed by atoms with E-state index in [1.54, 1.807) is 0 Å². The maximum Gasteiger partial charge on any atom is 0.142 e. The van der Waals surface area contributed by atoms with Gasteiger partial charge in [-0.25, -0.2) is 0 Å². The molecule has 0 aromatic heterocycles. The van der Waals surface area contributed by atoms with E-state index in [9.17, 15) is 15.3 Å². The lowest BCUT2D eigenvalue weighted by Gasteiger charge is -2.14. The molecule has 3 rings (SSSR count). The molecule has 0 unspecified atom stereocenters. The topological polar surface area (TPSA) is 60.7 Å². The fourth-order valence-electron chi connectivity index (χ4n) is 3.27. The van der Waals surface area contributed by atoms with Gasteiger partial charge in [-0.3, -0.25) is 0 Å².